The molecule has 2 amide bonds. The van der Waals surface area contributed by atoms with E-state index in [1.807, 2.05) is 5.38 Å². The van der Waals surface area contributed by atoms with Crippen molar-refractivity contribution in [3.8, 4) is 0 Å². The Morgan fingerprint density at radius 2 is 2.26 bits per heavy atom. The summed E-state index contributed by atoms with van der Waals surface area (Å²) in [5, 5.41) is 5.92. The molecule has 0 spiro atoms. The van der Waals surface area contributed by atoms with Gasteiger partial charge in [0.25, 0.3) is 5.91 Å². The van der Waals surface area contributed by atoms with Gasteiger partial charge in [-0.15, -0.1) is 11.3 Å². The highest BCUT2D eigenvalue weighted by Gasteiger charge is 2.28. The van der Waals surface area contributed by atoms with Crippen LogP contribution in [0.15, 0.2) is 23.6 Å². The minimum atomic E-state index is -0.456. The molecule has 2 heterocycles. The molecule has 27 heavy (non-hydrogen) atoms. The lowest BCUT2D eigenvalue weighted by Gasteiger charge is -2.32. The number of benzene rings is 1. The third-order valence-electron chi connectivity index (χ3n) is 4.54. The number of carbonyl (C=O) groups is 2. The number of halogens is 2. The maximum Gasteiger partial charge on any atom is 0.255 e. The molecule has 0 saturated carbocycles. The van der Waals surface area contributed by atoms with Crippen LogP contribution < -0.4 is 5.32 Å². The second-order valence-corrected chi connectivity index (χ2v) is 7.92. The van der Waals surface area contributed by atoms with Crippen molar-refractivity contribution >= 4 is 34.8 Å². The van der Waals surface area contributed by atoms with Crippen LogP contribution in [0.25, 0.3) is 0 Å². The number of likely N-dealkylation sites (tertiary alicyclic amines) is 1. The first kappa shape index (κ1) is 19.8. The zero-order valence-electron chi connectivity index (χ0n) is 15.0. The van der Waals surface area contributed by atoms with E-state index >= 15 is 0 Å². The Balaban J connectivity index is 1.64. The van der Waals surface area contributed by atoms with Crippen LogP contribution in [0.2, 0.25) is 5.02 Å². The van der Waals surface area contributed by atoms with Crippen LogP contribution in [0.4, 0.5) is 4.39 Å². The van der Waals surface area contributed by atoms with E-state index < -0.39 is 5.82 Å². The maximum absolute atomic E-state index is 13.2. The summed E-state index contributed by atoms with van der Waals surface area (Å²) in [6.07, 6.45) is 2.55. The molecule has 0 unspecified atom stereocenters. The molecular formula is C19H21ClFN3O2S. The maximum atomic E-state index is 13.2. The van der Waals surface area contributed by atoms with E-state index in [4.69, 9.17) is 11.6 Å². The van der Waals surface area contributed by atoms with Crippen LogP contribution in [0, 0.1) is 5.82 Å². The van der Waals surface area contributed by atoms with E-state index in [1.54, 1.807) is 16.2 Å². The van der Waals surface area contributed by atoms with Crippen LogP contribution in [-0.2, 0) is 11.2 Å². The Morgan fingerprint density at radius 3 is 3.00 bits per heavy atom. The van der Waals surface area contributed by atoms with E-state index in [0.717, 1.165) is 23.5 Å². The van der Waals surface area contributed by atoms with E-state index in [9.17, 15) is 14.0 Å². The second-order valence-electron chi connectivity index (χ2n) is 6.62. The first-order valence-electron chi connectivity index (χ1n) is 8.87. The van der Waals surface area contributed by atoms with Gasteiger partial charge in [-0.05, 0) is 31.0 Å². The lowest BCUT2D eigenvalue weighted by Crippen LogP contribution is -2.39. The Bertz CT molecular complexity index is 842. The average molecular weight is 410 g/mol. The standard InChI is InChI=1S/C19H21ClFN3O2S/c1-12(25)22-7-6-15-11-27-18(23-15)13-3-2-8-24(10-13)19(26)16-5-4-14(21)9-17(16)20/h4-5,9,11,13H,2-3,6-8,10H2,1H3,(H,22,25)/t13-/m0/s1. The number of carbonyl (C=O) groups excluding carboxylic acids is 2. The minimum Gasteiger partial charge on any atom is -0.356 e. The van der Waals surface area contributed by atoms with Gasteiger partial charge >= 0.3 is 0 Å². The van der Waals surface area contributed by atoms with Crippen molar-refractivity contribution in [3.63, 3.8) is 0 Å². The molecule has 0 radical (unpaired) electrons. The van der Waals surface area contributed by atoms with Crippen LogP contribution in [-0.4, -0.2) is 41.3 Å². The number of nitrogens with one attached hydrogen (secondary N) is 1. The van der Waals surface area contributed by atoms with Gasteiger partial charge in [-0.3, -0.25) is 9.59 Å². The van der Waals surface area contributed by atoms with Crippen LogP contribution >= 0.6 is 22.9 Å². The van der Waals surface area contributed by atoms with Crippen LogP contribution in [0.1, 0.15) is 46.7 Å². The number of hydrogen-bond acceptors (Lipinski definition) is 4. The smallest absolute Gasteiger partial charge is 0.255 e. The third-order valence-corrected chi connectivity index (χ3v) is 5.91. The highest BCUT2D eigenvalue weighted by molar-refractivity contribution is 7.09. The number of nitrogens with zero attached hydrogens (tertiary/aromatic N) is 2. The predicted octanol–water partition coefficient (Wildman–Crippen LogP) is 3.63. The van der Waals surface area contributed by atoms with Gasteiger partial charge in [-0.2, -0.15) is 0 Å². The number of hydrogen-bond donors (Lipinski definition) is 1. The van der Waals surface area contributed by atoms with Crippen molar-refractivity contribution in [2.24, 2.45) is 0 Å². The summed E-state index contributed by atoms with van der Waals surface area (Å²) >= 11 is 7.64. The van der Waals surface area contributed by atoms with E-state index in [0.29, 0.717) is 31.6 Å². The fourth-order valence-corrected chi connectivity index (χ4v) is 4.42. The molecule has 1 atom stereocenters. The number of thiazole rings is 1. The highest BCUT2D eigenvalue weighted by Crippen LogP contribution is 2.31. The molecule has 1 aliphatic heterocycles. The SMILES string of the molecule is CC(=O)NCCc1csc([C@H]2CCCN(C(=O)c3ccc(F)cc3Cl)C2)n1. The van der Waals surface area contributed by atoms with E-state index in [2.05, 4.69) is 10.3 Å². The van der Waals surface area contributed by atoms with Gasteiger partial charge in [0.15, 0.2) is 0 Å². The molecule has 3 rings (SSSR count). The number of aromatic nitrogens is 1. The number of piperidine rings is 1. The third kappa shape index (κ3) is 5.05. The Kier molecular flexibility index (Phi) is 6.44. The zero-order chi connectivity index (χ0) is 19.4. The fourth-order valence-electron chi connectivity index (χ4n) is 3.19. The Labute approximate surface area is 166 Å². The van der Waals surface area contributed by atoms with Gasteiger partial charge in [0.1, 0.15) is 5.82 Å². The molecule has 8 heteroatoms. The Morgan fingerprint density at radius 1 is 1.44 bits per heavy atom. The molecule has 1 aliphatic rings. The molecule has 1 fully saturated rings. The summed E-state index contributed by atoms with van der Waals surface area (Å²) in [4.78, 5) is 30.2. The van der Waals surface area contributed by atoms with Gasteiger partial charge in [-0.1, -0.05) is 11.6 Å². The molecule has 1 saturated heterocycles. The summed E-state index contributed by atoms with van der Waals surface area (Å²) in [5.41, 5.74) is 1.28. The van der Waals surface area contributed by atoms with E-state index in [1.165, 1.54) is 25.1 Å². The van der Waals surface area contributed by atoms with Crippen molar-refractivity contribution < 1.29 is 14.0 Å². The summed E-state index contributed by atoms with van der Waals surface area (Å²) in [5.74, 6) is -0.498. The number of rotatable bonds is 5. The van der Waals surface area contributed by atoms with Gasteiger partial charge in [0.05, 0.1) is 21.3 Å². The van der Waals surface area contributed by atoms with Gasteiger partial charge in [0.2, 0.25) is 5.91 Å². The van der Waals surface area contributed by atoms with E-state index in [-0.39, 0.29) is 22.8 Å². The molecule has 144 valence electrons. The van der Waals surface area contributed by atoms with Crippen molar-refractivity contribution in [3.05, 3.63) is 50.7 Å². The van der Waals surface area contributed by atoms with Crippen molar-refractivity contribution in [1.82, 2.24) is 15.2 Å². The normalized spacial score (nSPS) is 17.0. The van der Waals surface area contributed by atoms with Crippen LogP contribution in [0.3, 0.4) is 0 Å². The molecule has 0 bridgehead atoms. The number of amides is 2. The van der Waals surface area contributed by atoms with Crippen molar-refractivity contribution in [2.45, 2.75) is 32.1 Å². The molecule has 1 aromatic carbocycles. The molecule has 2 aromatic rings. The average Bonchev–Trinajstić information content (AvgIpc) is 3.10. The first-order chi connectivity index (χ1) is 12.9. The summed E-state index contributed by atoms with van der Waals surface area (Å²) < 4.78 is 13.2. The van der Waals surface area contributed by atoms with Crippen molar-refractivity contribution in [1.29, 1.82) is 0 Å². The topological polar surface area (TPSA) is 62.3 Å². The lowest BCUT2D eigenvalue weighted by atomic mass is 9.98. The highest BCUT2D eigenvalue weighted by atomic mass is 35.5. The van der Waals surface area contributed by atoms with Gasteiger partial charge in [-0.25, -0.2) is 9.37 Å². The lowest BCUT2D eigenvalue weighted by molar-refractivity contribution is -0.118. The monoisotopic (exact) mass is 409 g/mol. The predicted molar refractivity (Wildman–Crippen MR) is 104 cm³/mol. The largest absolute Gasteiger partial charge is 0.356 e. The fraction of sp³-hybridized carbons (Fsp3) is 0.421. The summed E-state index contributed by atoms with van der Waals surface area (Å²) in [7, 11) is 0. The molecule has 1 N–H and O–H groups in total. The van der Waals surface area contributed by atoms with Crippen LogP contribution in [0.5, 0.6) is 0 Å². The summed E-state index contributed by atoms with van der Waals surface area (Å²) in [6, 6.07) is 3.86. The van der Waals surface area contributed by atoms with Gasteiger partial charge in [0, 0.05) is 44.3 Å². The molecular weight excluding hydrogens is 389 g/mol. The minimum absolute atomic E-state index is 0.0497. The summed E-state index contributed by atoms with van der Waals surface area (Å²) in [6.45, 7) is 3.29. The Hall–Kier alpha value is -1.99. The van der Waals surface area contributed by atoms with Crippen molar-refractivity contribution in [2.75, 3.05) is 19.6 Å². The quantitative estimate of drug-likeness (QED) is 0.820. The molecule has 1 aromatic heterocycles. The first-order valence-corrected chi connectivity index (χ1v) is 10.1. The van der Waals surface area contributed by atoms with Gasteiger partial charge < -0.3 is 10.2 Å². The molecule has 5 nitrogen and oxygen atoms in total. The molecule has 0 aliphatic carbocycles. The second kappa shape index (κ2) is 8.80. The zero-order valence-corrected chi connectivity index (χ0v) is 16.6.